The van der Waals surface area contributed by atoms with E-state index in [1.165, 1.54) is 35.2 Å². The molecule has 3 aromatic rings. The van der Waals surface area contributed by atoms with Crippen LogP contribution >= 0.6 is 0 Å². The molecular formula is C28H33N3O. The van der Waals surface area contributed by atoms with E-state index in [9.17, 15) is 0 Å². The Morgan fingerprint density at radius 3 is 2.19 bits per heavy atom. The Morgan fingerprint density at radius 1 is 0.969 bits per heavy atom. The van der Waals surface area contributed by atoms with E-state index in [4.69, 9.17) is 9.72 Å². The zero-order valence-electron chi connectivity index (χ0n) is 19.6. The number of hydrogen-bond donors (Lipinski definition) is 0. The van der Waals surface area contributed by atoms with Crippen LogP contribution in [0, 0.1) is 12.3 Å². The van der Waals surface area contributed by atoms with E-state index in [1.54, 1.807) is 0 Å². The quantitative estimate of drug-likeness (QED) is 0.510. The summed E-state index contributed by atoms with van der Waals surface area (Å²) in [6.45, 7) is 9.33. The van der Waals surface area contributed by atoms with E-state index in [0.717, 1.165) is 31.3 Å². The normalized spacial score (nSPS) is 17.6. The minimum Gasteiger partial charge on any atom is -0.380 e. The zero-order chi connectivity index (χ0) is 22.3. The molecule has 166 valence electrons. The third-order valence-electron chi connectivity index (χ3n) is 7.47. The van der Waals surface area contributed by atoms with Crippen molar-refractivity contribution in [3.63, 3.8) is 0 Å². The van der Waals surface area contributed by atoms with Crippen LogP contribution in [0.15, 0.2) is 60.8 Å². The summed E-state index contributed by atoms with van der Waals surface area (Å²) in [4.78, 5) is 11.7. The molecule has 0 N–H and O–H groups in total. The van der Waals surface area contributed by atoms with Crippen LogP contribution in [0.4, 0.5) is 5.69 Å². The molecule has 0 unspecified atom stereocenters. The molecule has 0 amide bonds. The molecule has 2 aromatic carbocycles. The van der Waals surface area contributed by atoms with Crippen molar-refractivity contribution in [2.75, 3.05) is 25.2 Å². The highest BCUT2D eigenvalue weighted by Gasteiger charge is 2.51. The van der Waals surface area contributed by atoms with Gasteiger partial charge in [0, 0.05) is 35.7 Å². The van der Waals surface area contributed by atoms with E-state index in [-0.39, 0.29) is 5.41 Å². The third-order valence-corrected chi connectivity index (χ3v) is 7.47. The molecule has 2 aliphatic rings. The topological polar surface area (TPSA) is 38.2 Å². The van der Waals surface area contributed by atoms with Crippen molar-refractivity contribution >= 4 is 5.69 Å². The van der Waals surface area contributed by atoms with Crippen molar-refractivity contribution in [1.29, 1.82) is 0 Å². The van der Waals surface area contributed by atoms with Gasteiger partial charge in [-0.2, -0.15) is 0 Å². The van der Waals surface area contributed by atoms with Gasteiger partial charge in [-0.05, 0) is 49.1 Å². The van der Waals surface area contributed by atoms with Gasteiger partial charge >= 0.3 is 0 Å². The number of nitrogens with zero attached hydrogens (tertiary/aromatic N) is 3. The van der Waals surface area contributed by atoms with E-state index < -0.39 is 0 Å². The van der Waals surface area contributed by atoms with Crippen LogP contribution < -0.4 is 4.90 Å². The van der Waals surface area contributed by atoms with E-state index >= 15 is 0 Å². The molecule has 1 aromatic heterocycles. The maximum absolute atomic E-state index is 5.40. The Bertz CT molecular complexity index is 1080. The van der Waals surface area contributed by atoms with Gasteiger partial charge in [0.15, 0.2) is 0 Å². The Balaban J connectivity index is 1.26. The smallest absolute Gasteiger partial charge is 0.131 e. The first-order valence-corrected chi connectivity index (χ1v) is 11.6. The molecule has 0 radical (unpaired) electrons. The lowest BCUT2D eigenvalue weighted by Gasteiger charge is -2.52. The van der Waals surface area contributed by atoms with Gasteiger partial charge in [-0.25, -0.2) is 9.97 Å². The molecule has 32 heavy (non-hydrogen) atoms. The van der Waals surface area contributed by atoms with E-state index in [2.05, 4.69) is 86.2 Å². The first-order chi connectivity index (χ1) is 15.3. The fourth-order valence-electron chi connectivity index (χ4n) is 5.10. The van der Waals surface area contributed by atoms with Gasteiger partial charge in [-0.3, -0.25) is 0 Å². The lowest BCUT2D eigenvalue weighted by Crippen LogP contribution is -2.51. The maximum Gasteiger partial charge on any atom is 0.131 e. The van der Waals surface area contributed by atoms with Gasteiger partial charge in [0.25, 0.3) is 0 Å². The lowest BCUT2D eigenvalue weighted by atomic mass is 9.60. The Morgan fingerprint density at radius 2 is 1.59 bits per heavy atom. The number of aromatic nitrogens is 2. The second-order valence-corrected chi connectivity index (χ2v) is 10.4. The first-order valence-electron chi connectivity index (χ1n) is 11.6. The molecule has 1 saturated heterocycles. The number of hydrogen-bond acceptors (Lipinski definition) is 4. The SMILES string of the molecule is Cc1ccc(C(C)(C)c2ccc(N(C)Cc3ccnc(C4CC5(COC5)C4)n3)cc2)cc1. The maximum atomic E-state index is 5.40. The van der Waals surface area contributed by atoms with Crippen LogP contribution in [0.3, 0.4) is 0 Å². The minimum absolute atomic E-state index is 0.0298. The summed E-state index contributed by atoms with van der Waals surface area (Å²) < 4.78 is 5.40. The number of anilines is 1. The highest BCUT2D eigenvalue weighted by atomic mass is 16.5. The summed E-state index contributed by atoms with van der Waals surface area (Å²) in [5, 5.41) is 0. The summed E-state index contributed by atoms with van der Waals surface area (Å²) in [6, 6.07) is 19.9. The Labute approximate surface area is 191 Å². The van der Waals surface area contributed by atoms with Crippen LogP contribution in [0.25, 0.3) is 0 Å². The van der Waals surface area contributed by atoms with Crippen molar-refractivity contribution in [1.82, 2.24) is 9.97 Å². The van der Waals surface area contributed by atoms with Crippen molar-refractivity contribution in [3.8, 4) is 0 Å². The van der Waals surface area contributed by atoms with Gasteiger partial charge < -0.3 is 9.64 Å². The van der Waals surface area contributed by atoms with Crippen LogP contribution in [0.2, 0.25) is 0 Å². The third kappa shape index (κ3) is 3.93. The predicted octanol–water partition coefficient (Wildman–Crippen LogP) is 5.64. The molecule has 4 heteroatoms. The summed E-state index contributed by atoms with van der Waals surface area (Å²) in [5.41, 5.74) is 6.64. The number of benzene rings is 2. The van der Waals surface area contributed by atoms with Gasteiger partial charge in [0.05, 0.1) is 25.5 Å². The summed E-state index contributed by atoms with van der Waals surface area (Å²) in [6.07, 6.45) is 4.26. The largest absolute Gasteiger partial charge is 0.380 e. The zero-order valence-corrected chi connectivity index (χ0v) is 19.6. The second kappa shape index (κ2) is 8.00. The van der Waals surface area contributed by atoms with Gasteiger partial charge in [0.2, 0.25) is 0 Å². The molecule has 5 rings (SSSR count). The van der Waals surface area contributed by atoms with Gasteiger partial charge in [-0.1, -0.05) is 55.8 Å². The van der Waals surface area contributed by atoms with E-state index in [0.29, 0.717) is 11.3 Å². The molecule has 0 bridgehead atoms. The summed E-state index contributed by atoms with van der Waals surface area (Å²) >= 11 is 0. The van der Waals surface area contributed by atoms with Crippen molar-refractivity contribution in [2.24, 2.45) is 5.41 Å². The Hall–Kier alpha value is -2.72. The molecule has 4 nitrogen and oxygen atoms in total. The number of ether oxygens (including phenoxy) is 1. The van der Waals surface area contributed by atoms with Crippen molar-refractivity contribution in [3.05, 3.63) is 89.0 Å². The Kier molecular flexibility index (Phi) is 5.29. The molecule has 1 aliphatic heterocycles. The lowest BCUT2D eigenvalue weighted by molar-refractivity contribution is -0.165. The van der Waals surface area contributed by atoms with Crippen LogP contribution in [0.5, 0.6) is 0 Å². The molecule has 2 heterocycles. The highest BCUT2D eigenvalue weighted by molar-refractivity contribution is 5.50. The molecule has 1 aliphatic carbocycles. The van der Waals surface area contributed by atoms with Crippen LogP contribution in [0.1, 0.15) is 60.8 Å². The standard InChI is InChI=1S/C28H33N3O/c1-20-5-7-22(8-6-20)27(2,3)23-9-11-25(12-10-23)31(4)17-24-13-14-29-26(30-24)21-15-28(16-21)18-32-19-28/h5-14,21H,15-19H2,1-4H3. The minimum atomic E-state index is -0.0298. The van der Waals surface area contributed by atoms with E-state index in [1.807, 2.05) is 12.3 Å². The average molecular weight is 428 g/mol. The predicted molar refractivity (Wildman–Crippen MR) is 129 cm³/mol. The average Bonchev–Trinajstić information content (AvgIpc) is 2.72. The molecule has 0 atom stereocenters. The van der Waals surface area contributed by atoms with Crippen molar-refractivity contribution < 1.29 is 4.74 Å². The van der Waals surface area contributed by atoms with Crippen LogP contribution in [-0.4, -0.2) is 30.2 Å². The fraction of sp³-hybridized carbons (Fsp3) is 0.429. The summed E-state index contributed by atoms with van der Waals surface area (Å²) in [5.74, 6) is 1.50. The fourth-order valence-corrected chi connectivity index (χ4v) is 5.10. The number of aryl methyl sites for hydroxylation is 1. The monoisotopic (exact) mass is 427 g/mol. The molecule has 1 spiro atoms. The summed E-state index contributed by atoms with van der Waals surface area (Å²) in [7, 11) is 2.13. The van der Waals surface area contributed by atoms with Gasteiger partial charge in [0.1, 0.15) is 5.82 Å². The molecule has 1 saturated carbocycles. The molecular weight excluding hydrogens is 394 g/mol. The van der Waals surface area contributed by atoms with Gasteiger partial charge in [-0.15, -0.1) is 0 Å². The van der Waals surface area contributed by atoms with Crippen LogP contribution in [-0.2, 0) is 16.7 Å². The highest BCUT2D eigenvalue weighted by Crippen LogP contribution is 2.54. The first kappa shape index (κ1) is 21.1. The van der Waals surface area contributed by atoms with Crippen molar-refractivity contribution in [2.45, 2.75) is 51.5 Å². The second-order valence-electron chi connectivity index (χ2n) is 10.4. The number of rotatable bonds is 6. The molecule has 2 fully saturated rings.